The van der Waals surface area contributed by atoms with Crippen LogP contribution in [0.3, 0.4) is 0 Å². The van der Waals surface area contributed by atoms with Gasteiger partial charge in [0.15, 0.2) is 0 Å². The highest BCUT2D eigenvalue weighted by atomic mass is 16.5. The third kappa shape index (κ3) is 4.73. The number of aromatic nitrogens is 5. The number of nitrogens with one attached hydrogen (secondary N) is 1. The summed E-state index contributed by atoms with van der Waals surface area (Å²) in [4.78, 5) is 4.75. The second kappa shape index (κ2) is 9.26. The van der Waals surface area contributed by atoms with Crippen molar-refractivity contribution < 1.29 is 9.47 Å². The second-order valence-corrected chi connectivity index (χ2v) is 7.32. The zero-order valence-electron chi connectivity index (χ0n) is 17.3. The van der Waals surface area contributed by atoms with E-state index >= 15 is 0 Å². The number of allylic oxidation sites excluding steroid dienone is 3. The van der Waals surface area contributed by atoms with E-state index in [4.69, 9.17) is 14.5 Å². The Morgan fingerprint density at radius 2 is 1.75 bits per heavy atom. The highest BCUT2D eigenvalue weighted by Gasteiger charge is 2.07. The number of aromatic amines is 1. The van der Waals surface area contributed by atoms with Crippen LogP contribution < -0.4 is 9.47 Å². The summed E-state index contributed by atoms with van der Waals surface area (Å²) in [7, 11) is 0. The van der Waals surface area contributed by atoms with Gasteiger partial charge in [-0.3, -0.25) is 4.98 Å². The van der Waals surface area contributed by atoms with Crippen LogP contribution in [0, 0.1) is 0 Å². The fraction of sp³-hybridized carbons (Fsp3) is 0.120. The van der Waals surface area contributed by atoms with E-state index in [1.807, 2.05) is 66.7 Å². The van der Waals surface area contributed by atoms with Crippen LogP contribution in [0.2, 0.25) is 0 Å². The lowest BCUT2D eigenvalue weighted by atomic mass is 10.1. The van der Waals surface area contributed by atoms with Crippen molar-refractivity contribution in [2.24, 2.45) is 0 Å². The summed E-state index contributed by atoms with van der Waals surface area (Å²) in [6.07, 6.45) is 9.11. The van der Waals surface area contributed by atoms with Crippen molar-refractivity contribution in [1.29, 1.82) is 0 Å². The molecule has 2 aromatic heterocycles. The molecule has 0 saturated carbocycles. The van der Waals surface area contributed by atoms with Crippen molar-refractivity contribution in [3.63, 3.8) is 0 Å². The molecule has 0 fully saturated rings. The molecule has 0 radical (unpaired) electrons. The van der Waals surface area contributed by atoms with Crippen LogP contribution in [0.1, 0.15) is 22.5 Å². The van der Waals surface area contributed by atoms with Crippen LogP contribution in [-0.4, -0.2) is 25.6 Å². The van der Waals surface area contributed by atoms with Crippen molar-refractivity contribution in [3.05, 3.63) is 101 Å². The van der Waals surface area contributed by atoms with Gasteiger partial charge in [0.1, 0.15) is 24.7 Å². The number of ether oxygens (including phenoxy) is 2. The average Bonchev–Trinajstić information content (AvgIpc) is 3.28. The van der Waals surface area contributed by atoms with Gasteiger partial charge in [0.2, 0.25) is 5.82 Å². The second-order valence-electron chi connectivity index (χ2n) is 7.32. The molecule has 0 atom stereocenters. The largest absolute Gasteiger partial charge is 0.489 e. The average molecular weight is 423 g/mol. The number of tetrazole rings is 1. The molecule has 7 heteroatoms. The molecule has 0 spiro atoms. The SMILES string of the molecule is C1=CCc2nc(COc3cccc(COc4cccc(-c5nn[nH]n5)c4)c3)ccc2C=C1. The first kappa shape index (κ1) is 19.7. The lowest BCUT2D eigenvalue weighted by Gasteiger charge is -2.11. The minimum Gasteiger partial charge on any atom is -0.489 e. The number of pyridine rings is 1. The van der Waals surface area contributed by atoms with Gasteiger partial charge in [-0.2, -0.15) is 5.21 Å². The molecule has 2 heterocycles. The van der Waals surface area contributed by atoms with Crippen molar-refractivity contribution >= 4 is 6.08 Å². The van der Waals surface area contributed by atoms with Crippen molar-refractivity contribution in [2.75, 3.05) is 0 Å². The monoisotopic (exact) mass is 423 g/mol. The normalized spacial score (nSPS) is 12.2. The van der Waals surface area contributed by atoms with E-state index < -0.39 is 0 Å². The Labute approximate surface area is 185 Å². The Kier molecular flexibility index (Phi) is 5.70. The molecular weight excluding hydrogens is 402 g/mol. The van der Waals surface area contributed by atoms with Gasteiger partial charge >= 0.3 is 0 Å². The molecule has 4 aromatic rings. The topological polar surface area (TPSA) is 85.8 Å². The molecule has 0 bridgehead atoms. The van der Waals surface area contributed by atoms with Gasteiger partial charge in [-0.05, 0) is 46.7 Å². The Morgan fingerprint density at radius 3 is 2.66 bits per heavy atom. The Balaban J connectivity index is 1.21. The van der Waals surface area contributed by atoms with Gasteiger partial charge in [0.25, 0.3) is 0 Å². The van der Waals surface area contributed by atoms with E-state index in [1.54, 1.807) is 0 Å². The molecule has 2 aromatic carbocycles. The predicted molar refractivity (Wildman–Crippen MR) is 121 cm³/mol. The molecular formula is C25H21N5O2. The molecule has 0 unspecified atom stereocenters. The van der Waals surface area contributed by atoms with E-state index in [0.717, 1.165) is 46.0 Å². The van der Waals surface area contributed by atoms with Crippen LogP contribution in [0.5, 0.6) is 11.5 Å². The summed E-state index contributed by atoms with van der Waals surface area (Å²) in [5.74, 6) is 2.04. The van der Waals surface area contributed by atoms with E-state index in [-0.39, 0.29) is 0 Å². The molecule has 0 aliphatic heterocycles. The molecule has 5 rings (SSSR count). The van der Waals surface area contributed by atoms with Gasteiger partial charge in [0, 0.05) is 12.0 Å². The number of hydrogen-bond acceptors (Lipinski definition) is 6. The Morgan fingerprint density at radius 1 is 0.875 bits per heavy atom. The highest BCUT2D eigenvalue weighted by molar-refractivity contribution is 5.56. The lowest BCUT2D eigenvalue weighted by molar-refractivity contribution is 0.293. The smallest absolute Gasteiger partial charge is 0.204 e. The number of rotatable bonds is 7. The number of nitrogens with zero attached hydrogens (tertiary/aromatic N) is 4. The summed E-state index contributed by atoms with van der Waals surface area (Å²) >= 11 is 0. The van der Waals surface area contributed by atoms with Gasteiger partial charge in [-0.25, -0.2) is 0 Å². The first-order chi connectivity index (χ1) is 15.8. The van der Waals surface area contributed by atoms with Crippen molar-refractivity contribution in [1.82, 2.24) is 25.6 Å². The Bertz CT molecular complexity index is 1270. The summed E-state index contributed by atoms with van der Waals surface area (Å²) in [6, 6.07) is 19.6. The predicted octanol–water partition coefficient (Wildman–Crippen LogP) is 4.55. The first-order valence-electron chi connectivity index (χ1n) is 10.3. The summed E-state index contributed by atoms with van der Waals surface area (Å²) < 4.78 is 11.9. The molecule has 0 amide bonds. The third-order valence-electron chi connectivity index (χ3n) is 5.03. The van der Waals surface area contributed by atoms with Crippen LogP contribution in [0.4, 0.5) is 0 Å². The van der Waals surface area contributed by atoms with Crippen molar-refractivity contribution in [3.8, 4) is 22.9 Å². The molecule has 1 aliphatic carbocycles. The molecule has 1 aliphatic rings. The van der Waals surface area contributed by atoms with Gasteiger partial charge in [-0.1, -0.05) is 54.6 Å². The fourth-order valence-electron chi connectivity index (χ4n) is 3.43. The van der Waals surface area contributed by atoms with E-state index in [2.05, 4.69) is 38.8 Å². The van der Waals surface area contributed by atoms with E-state index in [1.165, 1.54) is 0 Å². The van der Waals surface area contributed by atoms with Crippen molar-refractivity contribution in [2.45, 2.75) is 19.6 Å². The zero-order chi connectivity index (χ0) is 21.6. The third-order valence-corrected chi connectivity index (χ3v) is 5.03. The summed E-state index contributed by atoms with van der Waals surface area (Å²) in [5.41, 5.74) is 4.99. The summed E-state index contributed by atoms with van der Waals surface area (Å²) in [6.45, 7) is 0.834. The van der Waals surface area contributed by atoms with Gasteiger partial charge in [0.05, 0.1) is 11.4 Å². The molecule has 158 valence electrons. The quantitative estimate of drug-likeness (QED) is 0.470. The maximum atomic E-state index is 5.99. The molecule has 1 N–H and O–H groups in total. The number of benzene rings is 2. The lowest BCUT2D eigenvalue weighted by Crippen LogP contribution is -2.03. The van der Waals surface area contributed by atoms with Crippen LogP contribution in [0.15, 0.2) is 78.9 Å². The fourth-order valence-corrected chi connectivity index (χ4v) is 3.43. The molecule has 32 heavy (non-hydrogen) atoms. The maximum Gasteiger partial charge on any atom is 0.204 e. The Hall–Kier alpha value is -4.26. The minimum atomic E-state index is 0.414. The minimum absolute atomic E-state index is 0.414. The number of hydrogen-bond donors (Lipinski definition) is 1. The van der Waals surface area contributed by atoms with Crippen LogP contribution >= 0.6 is 0 Å². The zero-order valence-corrected chi connectivity index (χ0v) is 17.3. The van der Waals surface area contributed by atoms with Crippen LogP contribution in [0.25, 0.3) is 17.5 Å². The van der Waals surface area contributed by atoms with E-state index in [0.29, 0.717) is 19.0 Å². The molecule has 0 saturated heterocycles. The van der Waals surface area contributed by atoms with Crippen LogP contribution in [-0.2, 0) is 19.6 Å². The number of fused-ring (bicyclic) bond motifs is 1. The van der Waals surface area contributed by atoms with Gasteiger partial charge in [-0.15, -0.1) is 10.2 Å². The summed E-state index contributed by atoms with van der Waals surface area (Å²) in [5, 5.41) is 14.1. The van der Waals surface area contributed by atoms with Gasteiger partial charge < -0.3 is 9.47 Å². The highest BCUT2D eigenvalue weighted by Crippen LogP contribution is 2.22. The maximum absolute atomic E-state index is 5.99. The standard InChI is InChI=1S/C25H21N5O2/c1-2-7-19-12-13-21(26-24(19)11-3-1)17-32-22-9-4-6-18(14-22)16-31-23-10-5-8-20(15-23)25-27-29-30-28-25/h1-10,12-15H,11,16-17H2,(H,27,28,29,30). The van der Waals surface area contributed by atoms with E-state index in [9.17, 15) is 0 Å². The molecule has 7 nitrogen and oxygen atoms in total. The first-order valence-corrected chi connectivity index (χ1v) is 10.3. The number of H-pyrrole nitrogens is 1.